The van der Waals surface area contributed by atoms with Gasteiger partial charge in [-0.1, -0.05) is 18.2 Å². The Hall–Kier alpha value is -2.21. The number of hydrogen-bond donors (Lipinski definition) is 2. The summed E-state index contributed by atoms with van der Waals surface area (Å²) >= 11 is 1.78. The van der Waals surface area contributed by atoms with Crippen molar-refractivity contribution in [2.24, 2.45) is 0 Å². The summed E-state index contributed by atoms with van der Waals surface area (Å²) in [5.41, 5.74) is 2.84. The van der Waals surface area contributed by atoms with Crippen molar-refractivity contribution in [2.75, 3.05) is 6.54 Å². The van der Waals surface area contributed by atoms with Crippen molar-refractivity contribution in [1.82, 2.24) is 15.6 Å². The molecule has 0 unspecified atom stereocenters. The van der Waals surface area contributed by atoms with Gasteiger partial charge in [0.15, 0.2) is 0 Å². The van der Waals surface area contributed by atoms with Crippen molar-refractivity contribution in [3.05, 3.63) is 51.0 Å². The van der Waals surface area contributed by atoms with Crippen molar-refractivity contribution < 1.29 is 9.59 Å². The van der Waals surface area contributed by atoms with E-state index in [1.807, 2.05) is 18.2 Å². The first kappa shape index (κ1) is 15.3. The molecule has 1 aromatic carbocycles. The molecular formula is C18H19N3O2S. The molecule has 2 heterocycles. The van der Waals surface area contributed by atoms with E-state index in [0.717, 1.165) is 29.8 Å². The Morgan fingerprint density at radius 1 is 1.33 bits per heavy atom. The fourth-order valence-electron chi connectivity index (χ4n) is 3.40. The van der Waals surface area contributed by atoms with Crippen molar-refractivity contribution in [3.8, 4) is 0 Å². The number of fused-ring (bicyclic) bond motifs is 2. The second-order valence-electron chi connectivity index (χ2n) is 6.25. The van der Waals surface area contributed by atoms with E-state index in [1.54, 1.807) is 17.4 Å². The van der Waals surface area contributed by atoms with Crippen molar-refractivity contribution >= 4 is 23.2 Å². The summed E-state index contributed by atoms with van der Waals surface area (Å²) in [6, 6.07) is 7.21. The maximum absolute atomic E-state index is 12.2. The van der Waals surface area contributed by atoms with Gasteiger partial charge in [-0.25, -0.2) is 4.98 Å². The molecule has 24 heavy (non-hydrogen) atoms. The molecular weight excluding hydrogens is 322 g/mol. The largest absolute Gasteiger partial charge is 0.356 e. The molecule has 1 aliphatic carbocycles. The second kappa shape index (κ2) is 6.36. The maximum Gasteiger partial charge on any atom is 0.252 e. The van der Waals surface area contributed by atoms with E-state index in [0.29, 0.717) is 12.1 Å². The lowest BCUT2D eigenvalue weighted by molar-refractivity contribution is -0.121. The van der Waals surface area contributed by atoms with E-state index in [9.17, 15) is 9.59 Å². The zero-order valence-corrected chi connectivity index (χ0v) is 14.1. The third kappa shape index (κ3) is 2.94. The Labute approximate surface area is 144 Å². The van der Waals surface area contributed by atoms with Gasteiger partial charge in [-0.15, -0.1) is 11.3 Å². The Kier molecular flexibility index (Phi) is 4.06. The summed E-state index contributed by atoms with van der Waals surface area (Å²) in [6.45, 7) is 0.591. The fraction of sp³-hybridized carbons (Fsp3) is 0.389. The average Bonchev–Trinajstić information content (AvgIpc) is 3.23. The SMILES string of the molecule is O=C(C[C@@H]1NC(=O)c2ccccc21)NCCc1nc2c(s1)CCC2. The highest BCUT2D eigenvalue weighted by Gasteiger charge is 2.29. The first-order valence-electron chi connectivity index (χ1n) is 8.34. The number of carbonyl (C=O) groups is 2. The van der Waals surface area contributed by atoms with E-state index >= 15 is 0 Å². The van der Waals surface area contributed by atoms with E-state index in [2.05, 4.69) is 15.6 Å². The Morgan fingerprint density at radius 3 is 3.08 bits per heavy atom. The third-order valence-electron chi connectivity index (χ3n) is 4.58. The minimum Gasteiger partial charge on any atom is -0.356 e. The number of aryl methyl sites for hydroxylation is 2. The number of amides is 2. The summed E-state index contributed by atoms with van der Waals surface area (Å²) in [4.78, 5) is 30.1. The molecule has 124 valence electrons. The highest BCUT2D eigenvalue weighted by atomic mass is 32.1. The van der Waals surface area contributed by atoms with Crippen LogP contribution in [0.5, 0.6) is 0 Å². The van der Waals surface area contributed by atoms with Gasteiger partial charge in [0.1, 0.15) is 0 Å². The van der Waals surface area contributed by atoms with Crippen LogP contribution in [0.15, 0.2) is 24.3 Å². The number of benzene rings is 1. The molecule has 0 radical (unpaired) electrons. The predicted octanol–water partition coefficient (Wildman–Crippen LogP) is 2.17. The number of rotatable bonds is 5. The van der Waals surface area contributed by atoms with Crippen LogP contribution < -0.4 is 10.6 Å². The lowest BCUT2D eigenvalue weighted by Crippen LogP contribution is -2.30. The molecule has 6 heteroatoms. The number of hydrogen-bond acceptors (Lipinski definition) is 4. The minimum atomic E-state index is -0.225. The van der Waals surface area contributed by atoms with Crippen LogP contribution in [0, 0.1) is 0 Å². The third-order valence-corrected chi connectivity index (χ3v) is 5.79. The predicted molar refractivity (Wildman–Crippen MR) is 92.1 cm³/mol. The van der Waals surface area contributed by atoms with Gasteiger partial charge in [-0.2, -0.15) is 0 Å². The second-order valence-corrected chi connectivity index (χ2v) is 7.42. The quantitative estimate of drug-likeness (QED) is 0.875. The molecule has 0 bridgehead atoms. The average molecular weight is 341 g/mol. The number of aromatic nitrogens is 1. The number of nitrogens with one attached hydrogen (secondary N) is 2. The maximum atomic E-state index is 12.2. The van der Waals surface area contributed by atoms with Gasteiger partial charge in [0.05, 0.1) is 23.2 Å². The monoisotopic (exact) mass is 341 g/mol. The molecule has 0 spiro atoms. The molecule has 0 fully saturated rings. The molecule has 0 saturated heterocycles. The first-order chi connectivity index (χ1) is 11.7. The number of carbonyl (C=O) groups excluding carboxylic acids is 2. The molecule has 1 aliphatic heterocycles. The number of thiazole rings is 1. The lowest BCUT2D eigenvalue weighted by atomic mass is 10.0. The van der Waals surface area contributed by atoms with Crippen LogP contribution in [0.4, 0.5) is 0 Å². The lowest BCUT2D eigenvalue weighted by Gasteiger charge is -2.11. The smallest absolute Gasteiger partial charge is 0.252 e. The molecule has 2 amide bonds. The van der Waals surface area contributed by atoms with Gasteiger partial charge >= 0.3 is 0 Å². The van der Waals surface area contributed by atoms with Crippen LogP contribution >= 0.6 is 11.3 Å². The molecule has 2 N–H and O–H groups in total. The Balaban J connectivity index is 1.29. The van der Waals surface area contributed by atoms with E-state index < -0.39 is 0 Å². The van der Waals surface area contributed by atoms with E-state index in [1.165, 1.54) is 17.0 Å². The van der Waals surface area contributed by atoms with Gasteiger partial charge in [0, 0.05) is 23.4 Å². The highest BCUT2D eigenvalue weighted by molar-refractivity contribution is 7.11. The summed E-state index contributed by atoms with van der Waals surface area (Å²) < 4.78 is 0. The highest BCUT2D eigenvalue weighted by Crippen LogP contribution is 2.28. The van der Waals surface area contributed by atoms with E-state index in [-0.39, 0.29) is 24.3 Å². The van der Waals surface area contributed by atoms with Gasteiger partial charge in [-0.05, 0) is 30.9 Å². The normalized spacial score (nSPS) is 18.2. The Bertz CT molecular complexity index is 778. The van der Waals surface area contributed by atoms with Crippen LogP contribution in [0.2, 0.25) is 0 Å². The zero-order chi connectivity index (χ0) is 16.5. The Morgan fingerprint density at radius 2 is 2.21 bits per heavy atom. The molecule has 5 nitrogen and oxygen atoms in total. The topological polar surface area (TPSA) is 71.1 Å². The molecule has 1 aromatic heterocycles. The molecule has 2 aliphatic rings. The fourth-order valence-corrected chi connectivity index (χ4v) is 4.56. The van der Waals surface area contributed by atoms with Crippen LogP contribution in [-0.4, -0.2) is 23.3 Å². The van der Waals surface area contributed by atoms with Gasteiger partial charge in [0.25, 0.3) is 5.91 Å². The summed E-state index contributed by atoms with van der Waals surface area (Å²) in [5.74, 6) is -0.137. The zero-order valence-electron chi connectivity index (χ0n) is 13.3. The standard InChI is InChI=1S/C18H19N3O2S/c22-16(10-14-11-4-1-2-5-12(11)18(23)21-14)19-9-8-17-20-13-6-3-7-15(13)24-17/h1-2,4-5,14H,3,6-10H2,(H,19,22)(H,21,23)/t14-/m0/s1. The molecule has 0 saturated carbocycles. The van der Waals surface area contributed by atoms with Crippen LogP contribution in [0.1, 0.15) is 50.4 Å². The van der Waals surface area contributed by atoms with Crippen LogP contribution in [-0.2, 0) is 24.1 Å². The van der Waals surface area contributed by atoms with Gasteiger partial charge < -0.3 is 10.6 Å². The van der Waals surface area contributed by atoms with Crippen molar-refractivity contribution in [3.63, 3.8) is 0 Å². The summed E-state index contributed by atoms with van der Waals surface area (Å²) in [7, 11) is 0. The molecule has 1 atom stereocenters. The van der Waals surface area contributed by atoms with Crippen LogP contribution in [0.25, 0.3) is 0 Å². The van der Waals surface area contributed by atoms with Crippen molar-refractivity contribution in [1.29, 1.82) is 0 Å². The van der Waals surface area contributed by atoms with Gasteiger partial charge in [-0.3, -0.25) is 9.59 Å². The van der Waals surface area contributed by atoms with E-state index in [4.69, 9.17) is 0 Å². The summed E-state index contributed by atoms with van der Waals surface area (Å²) in [6.07, 6.45) is 4.52. The minimum absolute atomic E-state index is 0.0406. The van der Waals surface area contributed by atoms with Gasteiger partial charge in [0.2, 0.25) is 5.91 Å². The summed E-state index contributed by atoms with van der Waals surface area (Å²) in [5, 5.41) is 6.93. The van der Waals surface area contributed by atoms with Crippen molar-refractivity contribution in [2.45, 2.75) is 38.1 Å². The first-order valence-corrected chi connectivity index (χ1v) is 9.16. The molecule has 2 aromatic rings. The number of nitrogens with zero attached hydrogens (tertiary/aromatic N) is 1. The molecule has 4 rings (SSSR count). The van der Waals surface area contributed by atoms with Crippen LogP contribution in [0.3, 0.4) is 0 Å².